The minimum Gasteiger partial charge on any atom is -0.369 e. The maximum absolute atomic E-state index is 11.6. The molecule has 11 unspecified atom stereocenters. The smallest absolute Gasteiger partial charge is 0.274 e. The monoisotopic (exact) mass is 505 g/mol. The van der Waals surface area contributed by atoms with Crippen molar-refractivity contribution in [2.24, 2.45) is 46.1 Å². The average Bonchev–Trinajstić information content (AvgIpc) is 3.23. The minimum atomic E-state index is -3.63. The Morgan fingerprint density at radius 3 is 2.69 bits per heavy atom. The number of allylic oxidation sites excluding steroid dienone is 1. The van der Waals surface area contributed by atoms with Crippen LogP contribution in [-0.2, 0) is 14.9 Å². The van der Waals surface area contributed by atoms with Crippen molar-refractivity contribution >= 4 is 10.2 Å². The largest absolute Gasteiger partial charge is 0.369 e. The lowest BCUT2D eigenvalue weighted by atomic mass is 9.52. The predicted octanol–water partition coefficient (Wildman–Crippen LogP) is 4.27. The number of nitrogens with two attached hydrogens (primary N) is 1. The lowest BCUT2D eigenvalue weighted by Crippen LogP contribution is -2.51. The van der Waals surface area contributed by atoms with Crippen LogP contribution in [0.15, 0.2) is 11.1 Å². The topological polar surface area (TPSA) is 93.5 Å². The van der Waals surface area contributed by atoms with Gasteiger partial charge in [-0.2, -0.15) is 13.1 Å². The van der Waals surface area contributed by atoms with Gasteiger partial charge in [0.2, 0.25) is 0 Å². The Morgan fingerprint density at radius 1 is 1.11 bits per heavy atom. The van der Waals surface area contributed by atoms with Gasteiger partial charge in [-0.3, -0.25) is 0 Å². The third-order valence-corrected chi connectivity index (χ3v) is 12.6. The molecule has 3 saturated carbocycles. The fourth-order valence-electron chi connectivity index (χ4n) is 10.2. The number of hydrogen-bond donors (Lipinski definition) is 3. The molecule has 6 aliphatic rings. The molecule has 6 nitrogen and oxygen atoms in total. The highest BCUT2D eigenvalue weighted by atomic mass is 32.2. The van der Waals surface area contributed by atoms with E-state index >= 15 is 0 Å². The van der Waals surface area contributed by atoms with Gasteiger partial charge in [-0.15, -0.1) is 0 Å². The molecular formula is C28H47N3O3S. The summed E-state index contributed by atoms with van der Waals surface area (Å²) < 4.78 is 33.0. The lowest BCUT2D eigenvalue weighted by molar-refractivity contribution is -0.0746. The highest BCUT2D eigenvalue weighted by Crippen LogP contribution is 2.65. The summed E-state index contributed by atoms with van der Waals surface area (Å²) in [4.78, 5) is 0. The highest BCUT2D eigenvalue weighted by molar-refractivity contribution is 7.87. The standard InChI is InChI=1S/C28H47N3O3S/c1-16-11-25-26(30-15-16)18(3)28(34-25)10-8-21-22-6-5-19-12-20(31-35(29,32)33)7-9-27(19,4)24(22)13-23(21)17(2)14-28/h16,18-22,24-26,30-31H,5-15H2,1-4H3,(H2,29,32,33). The molecule has 6 rings (SSSR count). The van der Waals surface area contributed by atoms with E-state index in [1.54, 1.807) is 11.1 Å². The van der Waals surface area contributed by atoms with Crippen LogP contribution < -0.4 is 15.2 Å². The second-order valence-corrected chi connectivity index (χ2v) is 15.1. The van der Waals surface area contributed by atoms with E-state index in [1.165, 1.54) is 38.5 Å². The zero-order chi connectivity index (χ0) is 24.8. The van der Waals surface area contributed by atoms with Crippen molar-refractivity contribution in [3.05, 3.63) is 11.1 Å². The molecule has 0 amide bonds. The van der Waals surface area contributed by atoms with Gasteiger partial charge < -0.3 is 10.1 Å². The van der Waals surface area contributed by atoms with Crippen LogP contribution >= 0.6 is 0 Å². The molecule has 2 heterocycles. The molecule has 198 valence electrons. The van der Waals surface area contributed by atoms with Crippen LogP contribution in [0.1, 0.15) is 91.9 Å². The highest BCUT2D eigenvalue weighted by Gasteiger charge is 2.59. The van der Waals surface area contributed by atoms with Gasteiger partial charge in [-0.1, -0.05) is 31.9 Å². The van der Waals surface area contributed by atoms with E-state index in [4.69, 9.17) is 9.88 Å². The Kier molecular flexibility index (Phi) is 6.05. The first-order valence-corrected chi connectivity index (χ1v) is 15.9. The fraction of sp³-hybridized carbons (Fsp3) is 0.929. The number of hydrogen-bond acceptors (Lipinski definition) is 4. The molecule has 2 aliphatic heterocycles. The first-order valence-electron chi connectivity index (χ1n) is 14.4. The summed E-state index contributed by atoms with van der Waals surface area (Å²) in [5, 5.41) is 9.15. The first kappa shape index (κ1) is 24.8. The molecule has 4 N–H and O–H groups in total. The van der Waals surface area contributed by atoms with Crippen LogP contribution in [0.5, 0.6) is 0 Å². The predicted molar refractivity (Wildman–Crippen MR) is 139 cm³/mol. The second-order valence-electron chi connectivity index (χ2n) is 13.8. The van der Waals surface area contributed by atoms with Crippen molar-refractivity contribution in [1.29, 1.82) is 0 Å². The van der Waals surface area contributed by atoms with Crippen LogP contribution in [-0.4, -0.2) is 38.8 Å². The molecule has 2 saturated heterocycles. The maximum atomic E-state index is 11.6. The van der Waals surface area contributed by atoms with Crippen molar-refractivity contribution in [2.75, 3.05) is 6.54 Å². The number of rotatable bonds is 2. The molecule has 0 bridgehead atoms. The third-order valence-electron chi connectivity index (χ3n) is 12.0. The van der Waals surface area contributed by atoms with E-state index in [0.717, 1.165) is 50.0 Å². The van der Waals surface area contributed by atoms with Crippen LogP contribution in [0.4, 0.5) is 0 Å². The fourth-order valence-corrected chi connectivity index (χ4v) is 10.8. The normalized spacial score (nSPS) is 52.0. The molecular weight excluding hydrogens is 458 g/mol. The van der Waals surface area contributed by atoms with Crippen molar-refractivity contribution in [1.82, 2.24) is 10.0 Å². The summed E-state index contributed by atoms with van der Waals surface area (Å²) in [6, 6.07) is 0.526. The number of piperidine rings is 1. The molecule has 4 aliphatic carbocycles. The number of nitrogens with one attached hydrogen (secondary N) is 2. The van der Waals surface area contributed by atoms with E-state index in [9.17, 15) is 8.42 Å². The van der Waals surface area contributed by atoms with Crippen LogP contribution in [0, 0.1) is 40.9 Å². The third kappa shape index (κ3) is 4.07. The van der Waals surface area contributed by atoms with Gasteiger partial charge in [0.15, 0.2) is 0 Å². The Hall–Kier alpha value is -0.470. The van der Waals surface area contributed by atoms with Gasteiger partial charge in [0.25, 0.3) is 10.2 Å². The van der Waals surface area contributed by atoms with Crippen LogP contribution in [0.25, 0.3) is 0 Å². The molecule has 0 radical (unpaired) electrons. The van der Waals surface area contributed by atoms with Gasteiger partial charge in [0.05, 0.1) is 11.7 Å². The number of fused-ring (bicyclic) bond motifs is 6. The quantitative estimate of drug-likeness (QED) is 0.489. The van der Waals surface area contributed by atoms with E-state index in [1.807, 2.05) is 0 Å². The summed E-state index contributed by atoms with van der Waals surface area (Å²) in [5.74, 6) is 4.13. The van der Waals surface area contributed by atoms with E-state index in [2.05, 4.69) is 37.7 Å². The number of ether oxygens (including phenoxy) is 1. The van der Waals surface area contributed by atoms with E-state index < -0.39 is 10.2 Å². The zero-order valence-electron chi connectivity index (χ0n) is 22.2. The molecule has 0 aromatic carbocycles. The summed E-state index contributed by atoms with van der Waals surface area (Å²) in [5.41, 5.74) is 3.74. The van der Waals surface area contributed by atoms with Crippen LogP contribution in [0.3, 0.4) is 0 Å². The van der Waals surface area contributed by atoms with Gasteiger partial charge >= 0.3 is 0 Å². The van der Waals surface area contributed by atoms with Crippen molar-refractivity contribution in [3.63, 3.8) is 0 Å². The Morgan fingerprint density at radius 2 is 1.91 bits per heavy atom. The molecule has 0 aromatic rings. The van der Waals surface area contributed by atoms with Gasteiger partial charge in [-0.25, -0.2) is 5.14 Å². The molecule has 7 heteroatoms. The van der Waals surface area contributed by atoms with Gasteiger partial charge in [0.1, 0.15) is 0 Å². The Bertz CT molecular complexity index is 997. The molecule has 35 heavy (non-hydrogen) atoms. The molecule has 5 fully saturated rings. The second kappa shape index (κ2) is 8.52. The molecule has 1 spiro atoms. The van der Waals surface area contributed by atoms with Crippen molar-refractivity contribution in [3.8, 4) is 0 Å². The van der Waals surface area contributed by atoms with Gasteiger partial charge in [0, 0.05) is 18.0 Å². The molecule has 0 aromatic heterocycles. The lowest BCUT2D eigenvalue weighted by Gasteiger charge is -2.54. The summed E-state index contributed by atoms with van der Waals surface area (Å²) in [6.07, 6.45) is 11.9. The van der Waals surface area contributed by atoms with E-state index in [-0.39, 0.29) is 11.6 Å². The van der Waals surface area contributed by atoms with Crippen molar-refractivity contribution < 1.29 is 13.2 Å². The Labute approximate surface area is 212 Å². The summed E-state index contributed by atoms with van der Waals surface area (Å²) >= 11 is 0. The van der Waals surface area contributed by atoms with Gasteiger partial charge in [-0.05, 0) is 113 Å². The molecule has 11 atom stereocenters. The maximum Gasteiger partial charge on any atom is 0.274 e. The van der Waals surface area contributed by atoms with Crippen LogP contribution in [0.2, 0.25) is 0 Å². The van der Waals surface area contributed by atoms with E-state index in [0.29, 0.717) is 35.3 Å². The van der Waals surface area contributed by atoms with Crippen molar-refractivity contribution in [2.45, 2.75) is 116 Å². The minimum absolute atomic E-state index is 0.00757. The zero-order valence-corrected chi connectivity index (χ0v) is 23.0. The first-order chi connectivity index (χ1) is 16.5. The SMILES string of the molecule is CC1=C2CC3C(CCC4CC(NS(N)(=O)=O)CCC43C)C2CCC2(C1)OC1CC(C)CNC1C2C. The Balaban J connectivity index is 1.22. The summed E-state index contributed by atoms with van der Waals surface area (Å²) in [7, 11) is -3.63. The average molecular weight is 506 g/mol. The summed E-state index contributed by atoms with van der Waals surface area (Å²) in [6.45, 7) is 10.9.